The van der Waals surface area contributed by atoms with E-state index in [0.717, 1.165) is 49.7 Å². The molecule has 0 saturated heterocycles. The lowest BCUT2D eigenvalue weighted by Crippen LogP contribution is -2.54. The van der Waals surface area contributed by atoms with Gasteiger partial charge in [0, 0.05) is 11.6 Å². The van der Waals surface area contributed by atoms with Crippen LogP contribution in [0.3, 0.4) is 0 Å². The summed E-state index contributed by atoms with van der Waals surface area (Å²) < 4.78 is 5.67. The summed E-state index contributed by atoms with van der Waals surface area (Å²) in [6.45, 7) is 5.66. The number of aryl methyl sites for hydroxylation is 1. The van der Waals surface area contributed by atoms with Crippen LogP contribution < -0.4 is 10.6 Å². The Balaban J connectivity index is 1.76. The zero-order valence-corrected chi connectivity index (χ0v) is 20.3. The van der Waals surface area contributed by atoms with Crippen LogP contribution >= 0.6 is 0 Å². The molecule has 1 fully saturated rings. The zero-order valence-electron chi connectivity index (χ0n) is 20.3. The van der Waals surface area contributed by atoms with E-state index in [2.05, 4.69) is 16.7 Å². The number of hydrogen-bond donors (Lipinski definition) is 2. The van der Waals surface area contributed by atoms with Gasteiger partial charge in [0.05, 0.1) is 12.3 Å². The number of hydrogen-bond acceptors (Lipinski definition) is 4. The van der Waals surface area contributed by atoms with Crippen LogP contribution in [0.1, 0.15) is 88.3 Å². The SMILES string of the molecule is CC(C)(C)NC(=O)C(c1ccco1)N(C(=O)C(=O)NC1CCCC1)C1CCCc2ccccc21. The maximum atomic E-state index is 13.8. The Kier molecular flexibility index (Phi) is 7.10. The molecule has 2 aliphatic carbocycles. The highest BCUT2D eigenvalue weighted by molar-refractivity contribution is 6.35. The molecule has 1 heterocycles. The van der Waals surface area contributed by atoms with Crippen molar-refractivity contribution in [3.05, 3.63) is 59.5 Å². The molecular formula is C27H35N3O4. The number of nitrogens with one attached hydrogen (secondary N) is 2. The van der Waals surface area contributed by atoms with E-state index in [1.54, 1.807) is 12.1 Å². The topological polar surface area (TPSA) is 91.7 Å². The lowest BCUT2D eigenvalue weighted by Gasteiger charge is -2.40. The minimum absolute atomic E-state index is 0.00223. The van der Waals surface area contributed by atoms with Gasteiger partial charge in [0.25, 0.3) is 5.91 Å². The molecule has 0 aliphatic heterocycles. The van der Waals surface area contributed by atoms with Crippen molar-refractivity contribution in [2.24, 2.45) is 0 Å². The van der Waals surface area contributed by atoms with Crippen molar-refractivity contribution in [2.75, 3.05) is 0 Å². The molecule has 7 nitrogen and oxygen atoms in total. The molecule has 1 aromatic heterocycles. The number of nitrogens with zero attached hydrogens (tertiary/aromatic N) is 1. The van der Waals surface area contributed by atoms with Crippen LogP contribution in [-0.4, -0.2) is 34.2 Å². The summed E-state index contributed by atoms with van der Waals surface area (Å²) >= 11 is 0. The number of fused-ring (bicyclic) bond motifs is 1. The molecule has 2 aromatic rings. The van der Waals surface area contributed by atoms with E-state index in [1.165, 1.54) is 11.2 Å². The second-order valence-corrected chi connectivity index (χ2v) is 10.4. The maximum absolute atomic E-state index is 13.8. The third kappa shape index (κ3) is 5.34. The van der Waals surface area contributed by atoms with Crippen molar-refractivity contribution >= 4 is 17.7 Å². The Hall–Kier alpha value is -3.09. The van der Waals surface area contributed by atoms with Crippen molar-refractivity contribution < 1.29 is 18.8 Å². The first-order valence-corrected chi connectivity index (χ1v) is 12.3. The molecule has 0 spiro atoms. The van der Waals surface area contributed by atoms with Gasteiger partial charge in [-0.2, -0.15) is 0 Å². The second-order valence-electron chi connectivity index (χ2n) is 10.4. The normalized spacial score (nSPS) is 19.2. The third-order valence-electron chi connectivity index (χ3n) is 6.63. The molecule has 0 bridgehead atoms. The van der Waals surface area contributed by atoms with Crippen LogP contribution in [0.4, 0.5) is 0 Å². The molecule has 1 aromatic carbocycles. The van der Waals surface area contributed by atoms with Crippen molar-refractivity contribution in [3.63, 3.8) is 0 Å². The highest BCUT2D eigenvalue weighted by Crippen LogP contribution is 2.39. The molecule has 1 saturated carbocycles. The summed E-state index contributed by atoms with van der Waals surface area (Å²) in [5.74, 6) is -1.38. The van der Waals surface area contributed by atoms with E-state index < -0.39 is 29.4 Å². The fourth-order valence-electron chi connectivity index (χ4n) is 5.17. The van der Waals surface area contributed by atoms with E-state index in [1.807, 2.05) is 39.0 Å². The Morgan fingerprint density at radius 3 is 2.41 bits per heavy atom. The summed E-state index contributed by atoms with van der Waals surface area (Å²) in [5.41, 5.74) is 1.60. The van der Waals surface area contributed by atoms with E-state index in [0.29, 0.717) is 12.2 Å². The van der Waals surface area contributed by atoms with E-state index >= 15 is 0 Å². The molecule has 7 heteroatoms. The van der Waals surface area contributed by atoms with Crippen LogP contribution in [-0.2, 0) is 20.8 Å². The van der Waals surface area contributed by atoms with Crippen molar-refractivity contribution in [1.82, 2.24) is 15.5 Å². The van der Waals surface area contributed by atoms with Crippen LogP contribution in [0.5, 0.6) is 0 Å². The molecule has 2 N–H and O–H groups in total. The molecule has 2 aliphatic rings. The van der Waals surface area contributed by atoms with Crippen LogP contribution in [0.15, 0.2) is 47.1 Å². The van der Waals surface area contributed by atoms with Crippen LogP contribution in [0.25, 0.3) is 0 Å². The Bertz CT molecular complexity index is 1020. The summed E-state index contributed by atoms with van der Waals surface area (Å²) in [6, 6.07) is 9.89. The monoisotopic (exact) mass is 465 g/mol. The number of carbonyl (C=O) groups excluding carboxylic acids is 3. The molecule has 182 valence electrons. The maximum Gasteiger partial charge on any atom is 0.313 e. The Morgan fingerprint density at radius 2 is 1.74 bits per heavy atom. The summed E-state index contributed by atoms with van der Waals surface area (Å²) in [5, 5.41) is 5.91. The lowest BCUT2D eigenvalue weighted by molar-refractivity contribution is -0.153. The van der Waals surface area contributed by atoms with Gasteiger partial charge in [0.1, 0.15) is 5.76 Å². The van der Waals surface area contributed by atoms with Gasteiger partial charge in [0.2, 0.25) is 0 Å². The molecule has 34 heavy (non-hydrogen) atoms. The highest BCUT2D eigenvalue weighted by Gasteiger charge is 2.43. The summed E-state index contributed by atoms with van der Waals surface area (Å²) in [4.78, 5) is 42.1. The fraction of sp³-hybridized carbons (Fsp3) is 0.519. The lowest BCUT2D eigenvalue weighted by atomic mass is 9.85. The predicted octanol–water partition coefficient (Wildman–Crippen LogP) is 4.20. The van der Waals surface area contributed by atoms with Gasteiger partial charge in [0.15, 0.2) is 6.04 Å². The van der Waals surface area contributed by atoms with Gasteiger partial charge >= 0.3 is 11.8 Å². The fourth-order valence-corrected chi connectivity index (χ4v) is 5.17. The van der Waals surface area contributed by atoms with Gasteiger partial charge < -0.3 is 20.0 Å². The first kappa shape index (κ1) is 24.0. The highest BCUT2D eigenvalue weighted by atomic mass is 16.3. The van der Waals surface area contributed by atoms with Crippen LogP contribution in [0.2, 0.25) is 0 Å². The van der Waals surface area contributed by atoms with Crippen molar-refractivity contribution in [1.29, 1.82) is 0 Å². The minimum atomic E-state index is -1.06. The number of rotatable bonds is 5. The average Bonchev–Trinajstić information content (AvgIpc) is 3.50. The van der Waals surface area contributed by atoms with Gasteiger partial charge in [-0.1, -0.05) is 37.1 Å². The zero-order chi connectivity index (χ0) is 24.3. The molecule has 2 atom stereocenters. The molecule has 2 unspecified atom stereocenters. The van der Waals surface area contributed by atoms with Gasteiger partial charge in [-0.15, -0.1) is 0 Å². The smallest absolute Gasteiger partial charge is 0.313 e. The Labute approximate surface area is 201 Å². The minimum Gasteiger partial charge on any atom is -0.467 e. The summed E-state index contributed by atoms with van der Waals surface area (Å²) in [7, 11) is 0. The first-order valence-electron chi connectivity index (χ1n) is 12.3. The molecule has 3 amide bonds. The number of amides is 3. The quantitative estimate of drug-likeness (QED) is 0.648. The Morgan fingerprint density at radius 1 is 1.00 bits per heavy atom. The second kappa shape index (κ2) is 10.0. The number of furan rings is 1. The van der Waals surface area contributed by atoms with E-state index in [-0.39, 0.29) is 11.9 Å². The van der Waals surface area contributed by atoms with E-state index in [4.69, 9.17) is 4.42 Å². The van der Waals surface area contributed by atoms with E-state index in [9.17, 15) is 14.4 Å². The molecule has 4 rings (SSSR count). The number of benzene rings is 1. The summed E-state index contributed by atoms with van der Waals surface area (Å²) in [6.07, 6.45) is 7.75. The standard InChI is InChI=1S/C27H35N3O4/c1-27(2,3)29-24(31)23(22-16-9-17-34-22)30(26(33)25(32)28-19-12-5-6-13-19)21-15-8-11-18-10-4-7-14-20(18)21/h4,7,9-10,14,16-17,19,21,23H,5-6,8,11-13,15H2,1-3H3,(H,28,32)(H,29,31). The van der Waals surface area contributed by atoms with Gasteiger partial charge in [-0.25, -0.2) is 0 Å². The molecule has 0 radical (unpaired) electrons. The average molecular weight is 466 g/mol. The van der Waals surface area contributed by atoms with Crippen LogP contribution in [0, 0.1) is 0 Å². The van der Waals surface area contributed by atoms with Gasteiger partial charge in [-0.3, -0.25) is 14.4 Å². The molecular weight excluding hydrogens is 430 g/mol. The largest absolute Gasteiger partial charge is 0.467 e. The van der Waals surface area contributed by atoms with Crippen molar-refractivity contribution in [2.45, 2.75) is 89.4 Å². The van der Waals surface area contributed by atoms with Gasteiger partial charge in [-0.05, 0) is 76.1 Å². The van der Waals surface area contributed by atoms with Crippen molar-refractivity contribution in [3.8, 4) is 0 Å². The third-order valence-corrected chi connectivity index (χ3v) is 6.63. The number of carbonyl (C=O) groups is 3. The predicted molar refractivity (Wildman–Crippen MR) is 129 cm³/mol. The first-order chi connectivity index (χ1) is 16.2.